The van der Waals surface area contributed by atoms with Gasteiger partial charge in [-0.3, -0.25) is 4.79 Å². The van der Waals surface area contributed by atoms with Crippen molar-refractivity contribution in [2.24, 2.45) is 5.73 Å². The van der Waals surface area contributed by atoms with Crippen LogP contribution >= 0.6 is 0 Å². The Bertz CT molecular complexity index is 376. The number of nitrogens with zero attached hydrogens (tertiary/aromatic N) is 1. The molecule has 0 heterocycles. The van der Waals surface area contributed by atoms with E-state index < -0.39 is 12.0 Å². The molecular weight excluding hydrogens is 228 g/mol. The zero-order valence-corrected chi connectivity index (χ0v) is 11.1. The molecule has 0 amide bonds. The number of hydrogen-bond donors (Lipinski definition) is 2. The first-order chi connectivity index (χ1) is 8.52. The number of benzene rings is 1. The summed E-state index contributed by atoms with van der Waals surface area (Å²) in [5.74, 6) is -0.935. The molecule has 3 N–H and O–H groups in total. The van der Waals surface area contributed by atoms with Crippen molar-refractivity contribution in [2.45, 2.75) is 32.4 Å². The van der Waals surface area contributed by atoms with Crippen molar-refractivity contribution in [1.82, 2.24) is 4.90 Å². The summed E-state index contributed by atoms with van der Waals surface area (Å²) in [4.78, 5) is 12.7. The van der Waals surface area contributed by atoms with E-state index in [9.17, 15) is 4.79 Å². The van der Waals surface area contributed by atoms with Gasteiger partial charge in [0, 0.05) is 13.1 Å². The predicted molar refractivity (Wildman–Crippen MR) is 72.4 cm³/mol. The summed E-state index contributed by atoms with van der Waals surface area (Å²) in [7, 11) is 1.97. The third kappa shape index (κ3) is 4.85. The molecule has 0 fully saturated rings. The lowest BCUT2D eigenvalue weighted by Crippen LogP contribution is -2.34. The van der Waals surface area contributed by atoms with Crippen LogP contribution in [0.25, 0.3) is 0 Å². The molecule has 100 valence electrons. The summed E-state index contributed by atoms with van der Waals surface area (Å²) in [6.45, 7) is 3.63. The van der Waals surface area contributed by atoms with E-state index in [1.54, 1.807) is 0 Å². The highest BCUT2D eigenvalue weighted by Gasteiger charge is 2.12. The first-order valence-electron chi connectivity index (χ1n) is 6.27. The summed E-state index contributed by atoms with van der Waals surface area (Å²) in [6.07, 6.45) is 1.52. The van der Waals surface area contributed by atoms with Crippen molar-refractivity contribution in [3.05, 3.63) is 35.4 Å². The molecule has 4 heteroatoms. The number of hydrogen-bond acceptors (Lipinski definition) is 3. The highest BCUT2D eigenvalue weighted by Crippen LogP contribution is 2.07. The fourth-order valence-electron chi connectivity index (χ4n) is 1.75. The second kappa shape index (κ2) is 7.13. The second-order valence-electron chi connectivity index (χ2n) is 4.64. The molecule has 0 spiro atoms. The van der Waals surface area contributed by atoms with Gasteiger partial charge in [-0.1, -0.05) is 31.2 Å². The smallest absolute Gasteiger partial charge is 0.320 e. The van der Waals surface area contributed by atoms with Gasteiger partial charge in [0.15, 0.2) is 0 Å². The van der Waals surface area contributed by atoms with Crippen molar-refractivity contribution in [3.63, 3.8) is 0 Å². The maximum absolute atomic E-state index is 10.6. The van der Waals surface area contributed by atoms with Crippen LogP contribution in [0.3, 0.4) is 0 Å². The van der Waals surface area contributed by atoms with Gasteiger partial charge in [-0.05, 0) is 31.0 Å². The van der Waals surface area contributed by atoms with E-state index in [0.717, 1.165) is 13.0 Å². The largest absolute Gasteiger partial charge is 0.480 e. The van der Waals surface area contributed by atoms with Crippen LogP contribution in [-0.2, 0) is 17.8 Å². The van der Waals surface area contributed by atoms with Crippen LogP contribution in [-0.4, -0.2) is 35.6 Å². The summed E-state index contributed by atoms with van der Waals surface area (Å²) >= 11 is 0. The van der Waals surface area contributed by atoms with Gasteiger partial charge in [-0.15, -0.1) is 0 Å². The molecule has 0 aliphatic carbocycles. The molecule has 0 aromatic heterocycles. The molecule has 0 radical (unpaired) electrons. The normalized spacial score (nSPS) is 12.7. The van der Waals surface area contributed by atoms with Gasteiger partial charge in [0.05, 0.1) is 0 Å². The molecule has 0 saturated heterocycles. The van der Waals surface area contributed by atoms with E-state index >= 15 is 0 Å². The highest BCUT2D eigenvalue weighted by atomic mass is 16.4. The number of rotatable bonds is 7. The molecule has 1 unspecified atom stereocenters. The van der Waals surface area contributed by atoms with Gasteiger partial charge in [0.25, 0.3) is 0 Å². The number of carboxylic acids is 1. The highest BCUT2D eigenvalue weighted by molar-refractivity contribution is 5.72. The fraction of sp³-hybridized carbons (Fsp3) is 0.500. The first kappa shape index (κ1) is 14.7. The van der Waals surface area contributed by atoms with Gasteiger partial charge in [-0.25, -0.2) is 0 Å². The molecule has 0 saturated carbocycles. The zero-order chi connectivity index (χ0) is 13.5. The summed E-state index contributed by atoms with van der Waals surface area (Å²) < 4.78 is 0. The van der Waals surface area contributed by atoms with Crippen molar-refractivity contribution in [1.29, 1.82) is 0 Å². The van der Waals surface area contributed by atoms with Gasteiger partial charge in [0.2, 0.25) is 0 Å². The maximum atomic E-state index is 10.6. The van der Waals surface area contributed by atoms with Crippen LogP contribution in [0.4, 0.5) is 0 Å². The topological polar surface area (TPSA) is 66.6 Å². The lowest BCUT2D eigenvalue weighted by Gasteiger charge is -2.18. The summed E-state index contributed by atoms with van der Waals surface area (Å²) in [6, 6.07) is 7.73. The summed E-state index contributed by atoms with van der Waals surface area (Å²) in [5.41, 5.74) is 8.03. The molecular formula is C14H22N2O2. The molecule has 18 heavy (non-hydrogen) atoms. The Morgan fingerprint density at radius 2 is 1.89 bits per heavy atom. The van der Waals surface area contributed by atoms with Gasteiger partial charge < -0.3 is 15.7 Å². The third-order valence-corrected chi connectivity index (χ3v) is 3.02. The molecule has 1 aromatic rings. The lowest BCUT2D eigenvalue weighted by molar-refractivity contribution is -0.138. The van der Waals surface area contributed by atoms with Crippen LogP contribution in [0.5, 0.6) is 0 Å². The maximum Gasteiger partial charge on any atom is 0.320 e. The van der Waals surface area contributed by atoms with Crippen molar-refractivity contribution in [2.75, 3.05) is 13.6 Å². The van der Waals surface area contributed by atoms with E-state index in [0.29, 0.717) is 13.0 Å². The van der Waals surface area contributed by atoms with E-state index in [2.05, 4.69) is 36.1 Å². The molecule has 4 nitrogen and oxygen atoms in total. The number of nitrogens with two attached hydrogens (primary N) is 1. The summed E-state index contributed by atoms with van der Waals surface area (Å²) in [5, 5.41) is 8.70. The van der Waals surface area contributed by atoms with Crippen molar-refractivity contribution < 1.29 is 9.90 Å². The Morgan fingerprint density at radius 1 is 1.33 bits per heavy atom. The van der Waals surface area contributed by atoms with Crippen LogP contribution in [0.1, 0.15) is 24.5 Å². The van der Waals surface area contributed by atoms with Crippen LogP contribution in [0.15, 0.2) is 24.3 Å². The Morgan fingerprint density at radius 3 is 2.39 bits per heavy atom. The van der Waals surface area contributed by atoms with Gasteiger partial charge >= 0.3 is 5.97 Å². The van der Waals surface area contributed by atoms with E-state index in [1.165, 1.54) is 11.1 Å². The molecule has 0 bridgehead atoms. The quantitative estimate of drug-likeness (QED) is 0.769. The van der Waals surface area contributed by atoms with Gasteiger partial charge in [0.1, 0.15) is 6.04 Å². The first-order valence-corrected chi connectivity index (χ1v) is 6.27. The Labute approximate surface area is 108 Å². The SMILES string of the molecule is CCc1ccc(CN(C)CCC(N)C(=O)O)cc1. The number of aliphatic carboxylic acids is 1. The molecule has 1 rings (SSSR count). The molecule has 1 atom stereocenters. The number of aryl methyl sites for hydroxylation is 1. The number of carboxylic acid groups (broad SMARTS) is 1. The number of carbonyl (C=O) groups is 1. The molecule has 1 aromatic carbocycles. The fourth-order valence-corrected chi connectivity index (χ4v) is 1.75. The zero-order valence-electron chi connectivity index (χ0n) is 11.1. The third-order valence-electron chi connectivity index (χ3n) is 3.02. The standard InChI is InChI=1S/C14H22N2O2/c1-3-11-4-6-12(7-5-11)10-16(2)9-8-13(15)14(17)18/h4-7,13H,3,8-10,15H2,1-2H3,(H,17,18). The minimum atomic E-state index is -0.935. The monoisotopic (exact) mass is 250 g/mol. The van der Waals surface area contributed by atoms with Crippen LogP contribution < -0.4 is 5.73 Å². The van der Waals surface area contributed by atoms with Crippen molar-refractivity contribution in [3.8, 4) is 0 Å². The molecule has 0 aliphatic rings. The van der Waals surface area contributed by atoms with E-state index in [-0.39, 0.29) is 0 Å². The van der Waals surface area contributed by atoms with Crippen LogP contribution in [0, 0.1) is 0 Å². The Balaban J connectivity index is 2.39. The predicted octanol–water partition coefficient (Wildman–Crippen LogP) is 1.48. The van der Waals surface area contributed by atoms with Crippen LogP contribution in [0.2, 0.25) is 0 Å². The van der Waals surface area contributed by atoms with Crippen molar-refractivity contribution >= 4 is 5.97 Å². The Kier molecular flexibility index (Phi) is 5.82. The Hall–Kier alpha value is -1.39. The van der Waals surface area contributed by atoms with Gasteiger partial charge in [-0.2, -0.15) is 0 Å². The van der Waals surface area contributed by atoms with E-state index in [4.69, 9.17) is 10.8 Å². The minimum Gasteiger partial charge on any atom is -0.480 e. The lowest BCUT2D eigenvalue weighted by atomic mass is 10.1. The second-order valence-corrected chi connectivity index (χ2v) is 4.64. The minimum absolute atomic E-state index is 0.471. The van der Waals surface area contributed by atoms with E-state index in [1.807, 2.05) is 7.05 Å². The average molecular weight is 250 g/mol. The average Bonchev–Trinajstić information content (AvgIpc) is 2.36. The molecule has 0 aliphatic heterocycles.